The van der Waals surface area contributed by atoms with Crippen LogP contribution in [0.25, 0.3) is 10.9 Å². The first-order valence-corrected chi connectivity index (χ1v) is 6.69. The first-order valence-electron chi connectivity index (χ1n) is 6.69. The second-order valence-corrected chi connectivity index (χ2v) is 5.05. The number of nitrogens with two attached hydrogens (primary N) is 1. The third-order valence-electron chi connectivity index (χ3n) is 3.95. The highest BCUT2D eigenvalue weighted by atomic mass is 14.9. The molecule has 1 fully saturated rings. The number of pyridine rings is 1. The number of hydrogen-bond donors (Lipinski definition) is 2. The minimum absolute atomic E-state index is 0.515. The summed E-state index contributed by atoms with van der Waals surface area (Å²) in [5.41, 5.74) is 8.07. The van der Waals surface area contributed by atoms with Crippen LogP contribution in [0.1, 0.15) is 19.3 Å². The Bertz CT molecular complexity index is 533. The van der Waals surface area contributed by atoms with Crippen LogP contribution in [0.2, 0.25) is 0 Å². The van der Waals surface area contributed by atoms with Gasteiger partial charge in [-0.05, 0) is 49.6 Å². The van der Waals surface area contributed by atoms with Crippen LogP contribution in [-0.2, 0) is 0 Å². The highest BCUT2D eigenvalue weighted by molar-refractivity contribution is 5.91. The second kappa shape index (κ2) is 4.94. The first-order chi connectivity index (χ1) is 8.88. The molecule has 2 unspecified atom stereocenters. The molecule has 0 saturated heterocycles. The van der Waals surface area contributed by atoms with Gasteiger partial charge in [0.25, 0.3) is 0 Å². The van der Waals surface area contributed by atoms with E-state index in [0.717, 1.165) is 12.1 Å². The van der Waals surface area contributed by atoms with Gasteiger partial charge in [0.2, 0.25) is 0 Å². The van der Waals surface area contributed by atoms with Gasteiger partial charge in [-0.1, -0.05) is 12.5 Å². The number of hydrogen-bond acceptors (Lipinski definition) is 3. The summed E-state index contributed by atoms with van der Waals surface area (Å²) in [6, 6.07) is 10.9. The molecule has 1 aliphatic carbocycles. The van der Waals surface area contributed by atoms with Crippen molar-refractivity contribution in [2.75, 3.05) is 11.9 Å². The molecular formula is C15H19N3. The lowest BCUT2D eigenvalue weighted by Gasteiger charge is -2.21. The van der Waals surface area contributed by atoms with E-state index in [2.05, 4.69) is 34.6 Å². The smallest absolute Gasteiger partial charge is 0.0722 e. The van der Waals surface area contributed by atoms with Crippen LogP contribution in [0.15, 0.2) is 36.5 Å². The number of fused-ring (bicyclic) bond motifs is 1. The summed E-state index contributed by atoms with van der Waals surface area (Å²) >= 11 is 0. The molecule has 1 aliphatic rings. The van der Waals surface area contributed by atoms with Crippen LogP contribution < -0.4 is 11.1 Å². The fraction of sp³-hybridized carbons (Fsp3) is 0.400. The highest BCUT2D eigenvalue weighted by Gasteiger charge is 2.26. The van der Waals surface area contributed by atoms with Crippen molar-refractivity contribution < 1.29 is 0 Å². The van der Waals surface area contributed by atoms with Gasteiger partial charge in [-0.25, -0.2) is 0 Å². The molecule has 1 saturated carbocycles. The Kier molecular flexibility index (Phi) is 3.15. The van der Waals surface area contributed by atoms with Gasteiger partial charge in [-0.2, -0.15) is 0 Å². The van der Waals surface area contributed by atoms with Crippen LogP contribution >= 0.6 is 0 Å². The number of nitrogens with zero attached hydrogens (tertiary/aromatic N) is 1. The Morgan fingerprint density at radius 1 is 1.22 bits per heavy atom. The van der Waals surface area contributed by atoms with Crippen molar-refractivity contribution in [3.8, 4) is 0 Å². The maximum absolute atomic E-state index is 5.84. The van der Waals surface area contributed by atoms with Crippen LogP contribution in [0, 0.1) is 5.92 Å². The standard InChI is InChI=1S/C15H19N3/c16-10-11-4-1-6-13(11)18-15-8-2-7-14-12(15)5-3-9-17-14/h2-3,5,7-9,11,13,18H,1,4,6,10,16H2. The zero-order chi connectivity index (χ0) is 12.4. The zero-order valence-electron chi connectivity index (χ0n) is 10.5. The number of nitrogens with one attached hydrogen (secondary N) is 1. The second-order valence-electron chi connectivity index (χ2n) is 5.05. The van der Waals surface area contributed by atoms with Crippen molar-refractivity contribution in [2.24, 2.45) is 11.7 Å². The monoisotopic (exact) mass is 241 g/mol. The molecule has 0 bridgehead atoms. The highest BCUT2D eigenvalue weighted by Crippen LogP contribution is 2.30. The average molecular weight is 241 g/mol. The molecule has 1 aromatic carbocycles. The van der Waals surface area contributed by atoms with Crippen molar-refractivity contribution >= 4 is 16.6 Å². The third kappa shape index (κ3) is 2.06. The molecular weight excluding hydrogens is 222 g/mol. The van der Waals surface area contributed by atoms with E-state index in [9.17, 15) is 0 Å². The van der Waals surface area contributed by atoms with Crippen molar-refractivity contribution in [2.45, 2.75) is 25.3 Å². The summed E-state index contributed by atoms with van der Waals surface area (Å²) in [5.74, 6) is 0.608. The van der Waals surface area contributed by atoms with Crippen molar-refractivity contribution in [3.63, 3.8) is 0 Å². The summed E-state index contributed by atoms with van der Waals surface area (Å²) in [5, 5.41) is 4.86. The van der Waals surface area contributed by atoms with Gasteiger partial charge in [-0.3, -0.25) is 4.98 Å². The molecule has 1 aromatic heterocycles. The Balaban J connectivity index is 1.90. The van der Waals surface area contributed by atoms with Gasteiger partial charge < -0.3 is 11.1 Å². The van der Waals surface area contributed by atoms with Crippen molar-refractivity contribution in [1.29, 1.82) is 0 Å². The third-order valence-corrected chi connectivity index (χ3v) is 3.95. The molecule has 3 rings (SSSR count). The average Bonchev–Trinajstić information content (AvgIpc) is 2.86. The Labute approximate surface area is 107 Å². The molecule has 2 atom stereocenters. The molecule has 94 valence electrons. The molecule has 18 heavy (non-hydrogen) atoms. The summed E-state index contributed by atoms with van der Waals surface area (Å²) in [4.78, 5) is 4.39. The van der Waals surface area contributed by atoms with E-state index in [1.165, 1.54) is 30.3 Å². The van der Waals surface area contributed by atoms with E-state index < -0.39 is 0 Å². The largest absolute Gasteiger partial charge is 0.381 e. The van der Waals surface area contributed by atoms with E-state index >= 15 is 0 Å². The lowest BCUT2D eigenvalue weighted by molar-refractivity contribution is 0.517. The van der Waals surface area contributed by atoms with Gasteiger partial charge in [-0.15, -0.1) is 0 Å². The van der Waals surface area contributed by atoms with Crippen molar-refractivity contribution in [1.82, 2.24) is 4.98 Å². The molecule has 0 amide bonds. The lowest BCUT2D eigenvalue weighted by atomic mass is 10.0. The van der Waals surface area contributed by atoms with E-state index in [1.807, 2.05) is 12.3 Å². The Morgan fingerprint density at radius 2 is 2.17 bits per heavy atom. The number of rotatable bonds is 3. The van der Waals surface area contributed by atoms with Gasteiger partial charge >= 0.3 is 0 Å². The molecule has 0 aliphatic heterocycles. The first kappa shape index (κ1) is 11.5. The fourth-order valence-electron chi connectivity index (χ4n) is 2.94. The lowest BCUT2D eigenvalue weighted by Crippen LogP contribution is -2.29. The molecule has 0 spiro atoms. The summed E-state index contributed by atoms with van der Waals surface area (Å²) < 4.78 is 0. The maximum Gasteiger partial charge on any atom is 0.0722 e. The predicted octanol–water partition coefficient (Wildman–Crippen LogP) is 2.77. The minimum Gasteiger partial charge on any atom is -0.381 e. The fourth-order valence-corrected chi connectivity index (χ4v) is 2.94. The van der Waals surface area contributed by atoms with Gasteiger partial charge in [0, 0.05) is 23.3 Å². The van der Waals surface area contributed by atoms with E-state index in [4.69, 9.17) is 5.73 Å². The van der Waals surface area contributed by atoms with Gasteiger partial charge in [0.1, 0.15) is 0 Å². The van der Waals surface area contributed by atoms with Crippen molar-refractivity contribution in [3.05, 3.63) is 36.5 Å². The van der Waals surface area contributed by atoms with Crippen LogP contribution in [0.3, 0.4) is 0 Å². The SMILES string of the molecule is NCC1CCCC1Nc1cccc2ncccc12. The number of anilines is 1. The Morgan fingerprint density at radius 3 is 3.06 bits per heavy atom. The molecule has 1 heterocycles. The molecule has 3 nitrogen and oxygen atoms in total. The molecule has 3 N–H and O–H groups in total. The van der Waals surface area contributed by atoms with Gasteiger partial charge in [0.15, 0.2) is 0 Å². The van der Waals surface area contributed by atoms with Crippen LogP contribution in [-0.4, -0.2) is 17.6 Å². The van der Waals surface area contributed by atoms with Crippen LogP contribution in [0.4, 0.5) is 5.69 Å². The zero-order valence-corrected chi connectivity index (χ0v) is 10.5. The summed E-state index contributed by atoms with van der Waals surface area (Å²) in [6.07, 6.45) is 5.59. The maximum atomic E-state index is 5.84. The normalized spacial score (nSPS) is 23.4. The predicted molar refractivity (Wildman–Crippen MR) is 75.5 cm³/mol. The number of benzene rings is 1. The topological polar surface area (TPSA) is 50.9 Å². The minimum atomic E-state index is 0.515. The molecule has 3 heteroatoms. The quantitative estimate of drug-likeness (QED) is 0.868. The number of aromatic nitrogens is 1. The van der Waals surface area contributed by atoms with E-state index in [1.54, 1.807) is 0 Å². The summed E-state index contributed by atoms with van der Waals surface area (Å²) in [6.45, 7) is 0.778. The summed E-state index contributed by atoms with van der Waals surface area (Å²) in [7, 11) is 0. The van der Waals surface area contributed by atoms with Crippen LogP contribution in [0.5, 0.6) is 0 Å². The van der Waals surface area contributed by atoms with E-state index in [-0.39, 0.29) is 0 Å². The van der Waals surface area contributed by atoms with E-state index in [0.29, 0.717) is 12.0 Å². The Hall–Kier alpha value is -1.61. The molecule has 2 aromatic rings. The molecule has 0 radical (unpaired) electrons. The van der Waals surface area contributed by atoms with Gasteiger partial charge in [0.05, 0.1) is 5.52 Å².